The van der Waals surface area contributed by atoms with Crippen LogP contribution in [0.3, 0.4) is 0 Å². The molecule has 1 aliphatic carbocycles. The second kappa shape index (κ2) is 6.52. The molecular formula is C13H20FN3O. The zero-order valence-electron chi connectivity index (χ0n) is 10.8. The normalized spacial score (nSPS) is 17.2. The van der Waals surface area contributed by atoms with Crippen LogP contribution < -0.4 is 10.1 Å². The van der Waals surface area contributed by atoms with E-state index >= 15 is 0 Å². The lowest BCUT2D eigenvalue weighted by atomic mass is 10.1. The second-order valence-electron chi connectivity index (χ2n) is 4.61. The van der Waals surface area contributed by atoms with Crippen molar-refractivity contribution in [3.63, 3.8) is 0 Å². The number of halogens is 1. The van der Waals surface area contributed by atoms with E-state index in [4.69, 9.17) is 4.74 Å². The number of aromatic nitrogens is 2. The standard InChI is InChI=1S/C13H20FN3O/c1-2-15-13-16-9-11(14)12(17-13)18-10-7-5-3-4-6-8-10/h9-10H,2-8H2,1H3,(H,15,16,17). The average Bonchev–Trinajstić information content (AvgIpc) is 2.62. The van der Waals surface area contributed by atoms with Gasteiger partial charge in [0.25, 0.3) is 5.88 Å². The molecule has 1 heterocycles. The molecule has 5 heteroatoms. The zero-order valence-corrected chi connectivity index (χ0v) is 10.8. The van der Waals surface area contributed by atoms with Crippen LogP contribution in [0.4, 0.5) is 10.3 Å². The fourth-order valence-corrected chi connectivity index (χ4v) is 2.20. The summed E-state index contributed by atoms with van der Waals surface area (Å²) in [5.41, 5.74) is 0. The summed E-state index contributed by atoms with van der Waals surface area (Å²) in [5.74, 6) is 0.0104. The van der Waals surface area contributed by atoms with Gasteiger partial charge in [0.15, 0.2) is 0 Å². The molecule has 4 nitrogen and oxygen atoms in total. The molecule has 0 atom stereocenters. The van der Waals surface area contributed by atoms with Crippen molar-refractivity contribution in [3.8, 4) is 5.88 Å². The fourth-order valence-electron chi connectivity index (χ4n) is 2.20. The van der Waals surface area contributed by atoms with Gasteiger partial charge in [0.2, 0.25) is 11.8 Å². The van der Waals surface area contributed by atoms with E-state index in [-0.39, 0.29) is 12.0 Å². The van der Waals surface area contributed by atoms with E-state index in [0.29, 0.717) is 12.5 Å². The fraction of sp³-hybridized carbons (Fsp3) is 0.692. The molecule has 0 bridgehead atoms. The van der Waals surface area contributed by atoms with Gasteiger partial charge in [0, 0.05) is 6.54 Å². The third-order valence-electron chi connectivity index (χ3n) is 3.13. The third-order valence-corrected chi connectivity index (χ3v) is 3.13. The summed E-state index contributed by atoms with van der Waals surface area (Å²) in [5, 5.41) is 2.96. The lowest BCUT2D eigenvalue weighted by Crippen LogP contribution is -2.17. The van der Waals surface area contributed by atoms with Crippen LogP contribution in [0.1, 0.15) is 45.4 Å². The van der Waals surface area contributed by atoms with Crippen LogP contribution in [0.2, 0.25) is 0 Å². The molecular weight excluding hydrogens is 233 g/mol. The maximum Gasteiger partial charge on any atom is 0.255 e. The Kier molecular flexibility index (Phi) is 4.73. The van der Waals surface area contributed by atoms with Gasteiger partial charge in [0.05, 0.1) is 6.20 Å². The van der Waals surface area contributed by atoms with Crippen molar-refractivity contribution in [2.75, 3.05) is 11.9 Å². The highest BCUT2D eigenvalue weighted by Crippen LogP contribution is 2.23. The Bertz CT molecular complexity index is 378. The SMILES string of the molecule is CCNc1ncc(F)c(OC2CCCCCC2)n1. The van der Waals surface area contributed by atoms with Crippen LogP contribution in [-0.4, -0.2) is 22.6 Å². The monoisotopic (exact) mass is 253 g/mol. The highest BCUT2D eigenvalue weighted by atomic mass is 19.1. The minimum Gasteiger partial charge on any atom is -0.472 e. The molecule has 0 radical (unpaired) electrons. The van der Waals surface area contributed by atoms with Gasteiger partial charge < -0.3 is 10.1 Å². The van der Waals surface area contributed by atoms with Gasteiger partial charge in [-0.1, -0.05) is 12.8 Å². The Morgan fingerprint density at radius 3 is 2.72 bits per heavy atom. The Morgan fingerprint density at radius 2 is 2.06 bits per heavy atom. The van der Waals surface area contributed by atoms with Gasteiger partial charge in [-0.2, -0.15) is 9.37 Å². The van der Waals surface area contributed by atoms with Crippen LogP contribution in [0.15, 0.2) is 6.20 Å². The first-order chi connectivity index (χ1) is 8.79. The first-order valence-corrected chi connectivity index (χ1v) is 6.72. The molecule has 18 heavy (non-hydrogen) atoms. The zero-order chi connectivity index (χ0) is 12.8. The van der Waals surface area contributed by atoms with Gasteiger partial charge in [-0.3, -0.25) is 0 Å². The summed E-state index contributed by atoms with van der Waals surface area (Å²) in [6, 6.07) is 0. The van der Waals surface area contributed by atoms with E-state index in [1.54, 1.807) is 0 Å². The van der Waals surface area contributed by atoms with E-state index in [0.717, 1.165) is 31.9 Å². The average molecular weight is 253 g/mol. The summed E-state index contributed by atoms with van der Waals surface area (Å²) in [6.07, 6.45) is 8.02. The lowest BCUT2D eigenvalue weighted by molar-refractivity contribution is 0.167. The van der Waals surface area contributed by atoms with Gasteiger partial charge in [-0.05, 0) is 32.6 Å². The van der Waals surface area contributed by atoms with Gasteiger partial charge in [-0.15, -0.1) is 0 Å². The number of nitrogens with zero attached hydrogens (tertiary/aromatic N) is 2. The molecule has 0 saturated heterocycles. The van der Waals surface area contributed by atoms with Gasteiger partial charge >= 0.3 is 0 Å². The predicted octanol–water partition coefficient (Wildman–Crippen LogP) is 3.15. The van der Waals surface area contributed by atoms with Crippen molar-refractivity contribution < 1.29 is 9.13 Å². The van der Waals surface area contributed by atoms with E-state index in [9.17, 15) is 4.39 Å². The molecule has 1 aromatic heterocycles. The summed E-state index contributed by atoms with van der Waals surface area (Å²) < 4.78 is 19.3. The second-order valence-corrected chi connectivity index (χ2v) is 4.61. The van der Waals surface area contributed by atoms with E-state index in [1.165, 1.54) is 12.8 Å². The van der Waals surface area contributed by atoms with E-state index in [1.807, 2.05) is 6.92 Å². The topological polar surface area (TPSA) is 47.0 Å². The highest BCUT2D eigenvalue weighted by molar-refractivity contribution is 5.28. The Morgan fingerprint density at radius 1 is 1.33 bits per heavy atom. The van der Waals surface area contributed by atoms with Crippen molar-refractivity contribution in [1.29, 1.82) is 0 Å². The van der Waals surface area contributed by atoms with Crippen LogP contribution in [-0.2, 0) is 0 Å². The van der Waals surface area contributed by atoms with Gasteiger partial charge in [-0.25, -0.2) is 4.98 Å². The number of nitrogens with one attached hydrogen (secondary N) is 1. The molecule has 0 aliphatic heterocycles. The molecule has 1 N–H and O–H groups in total. The molecule has 100 valence electrons. The maximum atomic E-state index is 13.6. The molecule has 1 aliphatic rings. The summed E-state index contributed by atoms with van der Waals surface area (Å²) >= 11 is 0. The maximum absolute atomic E-state index is 13.6. The van der Waals surface area contributed by atoms with Crippen molar-refractivity contribution >= 4 is 5.95 Å². The molecule has 1 aromatic rings. The number of hydrogen-bond acceptors (Lipinski definition) is 4. The molecule has 1 saturated carbocycles. The number of anilines is 1. The molecule has 1 fully saturated rings. The largest absolute Gasteiger partial charge is 0.472 e. The van der Waals surface area contributed by atoms with Crippen molar-refractivity contribution in [2.24, 2.45) is 0 Å². The Labute approximate surface area is 107 Å². The van der Waals surface area contributed by atoms with Crippen LogP contribution in [0.25, 0.3) is 0 Å². The van der Waals surface area contributed by atoms with Crippen LogP contribution >= 0.6 is 0 Å². The number of rotatable bonds is 4. The molecule has 2 rings (SSSR count). The first-order valence-electron chi connectivity index (χ1n) is 6.72. The molecule has 0 aromatic carbocycles. The minimum absolute atomic E-state index is 0.0767. The summed E-state index contributed by atoms with van der Waals surface area (Å²) in [4.78, 5) is 7.93. The predicted molar refractivity (Wildman–Crippen MR) is 68.3 cm³/mol. The van der Waals surface area contributed by atoms with Crippen LogP contribution in [0, 0.1) is 5.82 Å². The summed E-state index contributed by atoms with van der Waals surface area (Å²) in [6.45, 7) is 2.65. The minimum atomic E-state index is -0.485. The Hall–Kier alpha value is -1.39. The van der Waals surface area contributed by atoms with Crippen molar-refractivity contribution in [3.05, 3.63) is 12.0 Å². The number of ether oxygens (including phenoxy) is 1. The van der Waals surface area contributed by atoms with Crippen LogP contribution in [0.5, 0.6) is 5.88 Å². The number of hydrogen-bond donors (Lipinski definition) is 1. The Balaban J connectivity index is 2.04. The van der Waals surface area contributed by atoms with Gasteiger partial charge in [0.1, 0.15) is 6.10 Å². The molecule has 0 spiro atoms. The van der Waals surface area contributed by atoms with E-state index < -0.39 is 5.82 Å². The van der Waals surface area contributed by atoms with Crippen molar-refractivity contribution in [1.82, 2.24) is 9.97 Å². The first kappa shape index (κ1) is 13.1. The third kappa shape index (κ3) is 3.55. The smallest absolute Gasteiger partial charge is 0.255 e. The quantitative estimate of drug-likeness (QED) is 0.837. The van der Waals surface area contributed by atoms with E-state index in [2.05, 4.69) is 15.3 Å². The highest BCUT2D eigenvalue weighted by Gasteiger charge is 2.17. The van der Waals surface area contributed by atoms with Crippen molar-refractivity contribution in [2.45, 2.75) is 51.6 Å². The molecule has 0 unspecified atom stereocenters. The summed E-state index contributed by atoms with van der Waals surface area (Å²) in [7, 11) is 0. The lowest BCUT2D eigenvalue weighted by Gasteiger charge is -2.16. The molecule has 0 amide bonds.